The van der Waals surface area contributed by atoms with Gasteiger partial charge in [-0.25, -0.2) is 4.79 Å². The van der Waals surface area contributed by atoms with Crippen molar-refractivity contribution in [3.05, 3.63) is 65.9 Å². The predicted molar refractivity (Wildman–Crippen MR) is 90.2 cm³/mol. The lowest BCUT2D eigenvalue weighted by atomic mass is 10.1. The molecule has 0 radical (unpaired) electrons. The molecule has 2 aromatic carbocycles. The number of fused-ring (bicyclic) bond motifs is 1. The SMILES string of the molecule is COn1cc(CC(=O)Nc2ccccc2C(=O)O)c2ccccc21. The number of nitrogens with one attached hydrogen (secondary N) is 1. The average molecular weight is 324 g/mol. The Kier molecular flexibility index (Phi) is 4.20. The van der Waals surface area contributed by atoms with Crippen molar-refractivity contribution in [1.82, 2.24) is 4.73 Å². The van der Waals surface area contributed by atoms with E-state index in [1.54, 1.807) is 36.2 Å². The van der Waals surface area contributed by atoms with Crippen LogP contribution in [0.25, 0.3) is 10.9 Å². The van der Waals surface area contributed by atoms with E-state index in [4.69, 9.17) is 4.84 Å². The number of aromatic nitrogens is 1. The minimum atomic E-state index is -1.08. The van der Waals surface area contributed by atoms with Crippen molar-refractivity contribution in [2.75, 3.05) is 12.4 Å². The summed E-state index contributed by atoms with van der Waals surface area (Å²) < 4.78 is 1.60. The number of carboxylic acid groups (broad SMARTS) is 1. The number of carbonyl (C=O) groups excluding carboxylic acids is 1. The number of para-hydroxylation sites is 2. The van der Waals surface area contributed by atoms with E-state index in [1.165, 1.54) is 6.07 Å². The highest BCUT2D eigenvalue weighted by atomic mass is 16.6. The lowest BCUT2D eigenvalue weighted by molar-refractivity contribution is -0.115. The summed E-state index contributed by atoms with van der Waals surface area (Å²) in [5, 5.41) is 12.8. The Hall–Kier alpha value is -3.28. The van der Waals surface area contributed by atoms with Crippen molar-refractivity contribution in [2.45, 2.75) is 6.42 Å². The van der Waals surface area contributed by atoms with Crippen molar-refractivity contribution < 1.29 is 19.5 Å². The van der Waals surface area contributed by atoms with Gasteiger partial charge < -0.3 is 15.3 Å². The summed E-state index contributed by atoms with van der Waals surface area (Å²) in [6.07, 6.45) is 1.87. The third-order valence-electron chi connectivity index (χ3n) is 3.74. The predicted octanol–water partition coefficient (Wildman–Crippen LogP) is 2.58. The van der Waals surface area contributed by atoms with Gasteiger partial charge in [0.2, 0.25) is 5.91 Å². The Bertz CT molecular complexity index is 914. The zero-order chi connectivity index (χ0) is 17.1. The van der Waals surface area contributed by atoms with E-state index in [2.05, 4.69) is 5.32 Å². The molecule has 6 nitrogen and oxygen atoms in total. The van der Waals surface area contributed by atoms with E-state index in [-0.39, 0.29) is 23.6 Å². The molecule has 0 unspecified atom stereocenters. The molecule has 0 atom stereocenters. The summed E-state index contributed by atoms with van der Waals surface area (Å²) >= 11 is 0. The molecule has 122 valence electrons. The second kappa shape index (κ2) is 6.45. The number of aromatic carboxylic acids is 1. The summed E-state index contributed by atoms with van der Waals surface area (Å²) in [4.78, 5) is 28.8. The standard InChI is InChI=1S/C18H16N2O4/c1-24-20-11-12(13-6-3-5-9-16(13)20)10-17(21)19-15-8-4-2-7-14(15)18(22)23/h2-9,11H,10H2,1H3,(H,19,21)(H,22,23). The number of carboxylic acids is 1. The van der Waals surface area contributed by atoms with Gasteiger partial charge in [0, 0.05) is 11.6 Å². The monoisotopic (exact) mass is 324 g/mol. The van der Waals surface area contributed by atoms with Crippen LogP contribution in [0.5, 0.6) is 0 Å². The van der Waals surface area contributed by atoms with E-state index in [9.17, 15) is 14.7 Å². The van der Waals surface area contributed by atoms with Gasteiger partial charge >= 0.3 is 5.97 Å². The second-order valence-electron chi connectivity index (χ2n) is 5.26. The Morgan fingerprint density at radius 1 is 1.12 bits per heavy atom. The highest BCUT2D eigenvalue weighted by molar-refractivity contribution is 6.02. The van der Waals surface area contributed by atoms with Gasteiger partial charge in [-0.1, -0.05) is 30.3 Å². The number of hydrogen-bond donors (Lipinski definition) is 2. The maximum Gasteiger partial charge on any atom is 0.337 e. The van der Waals surface area contributed by atoms with Crippen molar-refractivity contribution in [3.63, 3.8) is 0 Å². The van der Waals surface area contributed by atoms with Gasteiger partial charge in [0.15, 0.2) is 0 Å². The van der Waals surface area contributed by atoms with Crippen LogP contribution in [-0.4, -0.2) is 28.8 Å². The molecule has 0 aliphatic heterocycles. The lowest BCUT2D eigenvalue weighted by Gasteiger charge is -2.07. The van der Waals surface area contributed by atoms with E-state index >= 15 is 0 Å². The van der Waals surface area contributed by atoms with Crippen LogP contribution in [0, 0.1) is 0 Å². The molecule has 0 saturated heterocycles. The Morgan fingerprint density at radius 3 is 2.58 bits per heavy atom. The first kappa shape index (κ1) is 15.6. The fraction of sp³-hybridized carbons (Fsp3) is 0.111. The first-order chi connectivity index (χ1) is 11.6. The van der Waals surface area contributed by atoms with Gasteiger partial charge in [-0.05, 0) is 23.8 Å². The van der Waals surface area contributed by atoms with Gasteiger partial charge in [-0.15, -0.1) is 0 Å². The molecular weight excluding hydrogens is 308 g/mol. The molecule has 1 amide bonds. The lowest BCUT2D eigenvalue weighted by Crippen LogP contribution is -2.16. The van der Waals surface area contributed by atoms with E-state index in [0.717, 1.165) is 16.5 Å². The summed E-state index contributed by atoms with van der Waals surface area (Å²) in [5.41, 5.74) is 2.02. The third-order valence-corrected chi connectivity index (χ3v) is 3.74. The molecule has 2 N–H and O–H groups in total. The van der Waals surface area contributed by atoms with Crippen LogP contribution in [-0.2, 0) is 11.2 Å². The molecule has 3 aromatic rings. The van der Waals surface area contributed by atoms with Crippen molar-refractivity contribution in [2.24, 2.45) is 0 Å². The number of carbonyl (C=O) groups is 2. The smallest absolute Gasteiger partial charge is 0.337 e. The number of anilines is 1. The van der Waals surface area contributed by atoms with Crippen LogP contribution < -0.4 is 10.2 Å². The zero-order valence-corrected chi connectivity index (χ0v) is 13.0. The first-order valence-corrected chi connectivity index (χ1v) is 7.35. The van der Waals surface area contributed by atoms with Crippen LogP contribution in [0.2, 0.25) is 0 Å². The Morgan fingerprint density at radius 2 is 1.83 bits per heavy atom. The number of rotatable bonds is 5. The Labute approximate surface area is 138 Å². The number of benzene rings is 2. The number of nitrogens with zero attached hydrogens (tertiary/aromatic N) is 1. The average Bonchev–Trinajstić information content (AvgIpc) is 2.93. The molecule has 6 heteroatoms. The van der Waals surface area contributed by atoms with E-state index in [1.807, 2.05) is 24.3 Å². The zero-order valence-electron chi connectivity index (χ0n) is 13.0. The second-order valence-corrected chi connectivity index (χ2v) is 5.26. The molecular formula is C18H16N2O4. The van der Waals surface area contributed by atoms with Crippen LogP contribution in [0.15, 0.2) is 54.7 Å². The number of amides is 1. The molecule has 0 fully saturated rings. The van der Waals surface area contributed by atoms with Gasteiger partial charge in [-0.2, -0.15) is 4.73 Å². The quantitative estimate of drug-likeness (QED) is 0.756. The molecule has 3 rings (SSSR count). The van der Waals surface area contributed by atoms with Crippen LogP contribution in [0.1, 0.15) is 15.9 Å². The molecule has 0 spiro atoms. The van der Waals surface area contributed by atoms with Gasteiger partial charge in [0.05, 0.1) is 23.2 Å². The number of hydrogen-bond acceptors (Lipinski definition) is 3. The summed E-state index contributed by atoms with van der Waals surface area (Å²) in [5.74, 6) is -1.37. The van der Waals surface area contributed by atoms with Crippen molar-refractivity contribution >= 4 is 28.5 Å². The van der Waals surface area contributed by atoms with Crippen molar-refractivity contribution in [1.29, 1.82) is 0 Å². The minimum absolute atomic E-state index is 0.0603. The summed E-state index contributed by atoms with van der Waals surface area (Å²) in [6.45, 7) is 0. The van der Waals surface area contributed by atoms with Gasteiger partial charge in [0.25, 0.3) is 0 Å². The summed E-state index contributed by atoms with van der Waals surface area (Å²) in [6, 6.07) is 13.9. The first-order valence-electron chi connectivity index (χ1n) is 7.35. The van der Waals surface area contributed by atoms with E-state index < -0.39 is 5.97 Å². The Balaban J connectivity index is 1.85. The molecule has 0 bridgehead atoms. The fourth-order valence-corrected chi connectivity index (χ4v) is 2.66. The molecule has 1 aromatic heterocycles. The van der Waals surface area contributed by atoms with E-state index in [0.29, 0.717) is 0 Å². The molecule has 0 aliphatic carbocycles. The minimum Gasteiger partial charge on any atom is -0.478 e. The van der Waals surface area contributed by atoms with Crippen molar-refractivity contribution in [3.8, 4) is 0 Å². The third kappa shape index (κ3) is 2.94. The highest BCUT2D eigenvalue weighted by Crippen LogP contribution is 2.22. The highest BCUT2D eigenvalue weighted by Gasteiger charge is 2.15. The van der Waals surface area contributed by atoms with Gasteiger partial charge in [-0.3, -0.25) is 4.79 Å². The van der Waals surface area contributed by atoms with Crippen LogP contribution in [0.3, 0.4) is 0 Å². The van der Waals surface area contributed by atoms with Gasteiger partial charge in [0.1, 0.15) is 7.11 Å². The molecule has 24 heavy (non-hydrogen) atoms. The molecule has 0 aliphatic rings. The normalized spacial score (nSPS) is 10.5. The largest absolute Gasteiger partial charge is 0.478 e. The van der Waals surface area contributed by atoms with Crippen LogP contribution >= 0.6 is 0 Å². The topological polar surface area (TPSA) is 80.6 Å². The fourth-order valence-electron chi connectivity index (χ4n) is 2.66. The van der Waals surface area contributed by atoms with Crippen LogP contribution in [0.4, 0.5) is 5.69 Å². The maximum atomic E-state index is 12.3. The summed E-state index contributed by atoms with van der Waals surface area (Å²) in [7, 11) is 1.55. The maximum absolute atomic E-state index is 12.3. The molecule has 0 saturated carbocycles. The molecule has 1 heterocycles.